The van der Waals surface area contributed by atoms with Crippen molar-refractivity contribution in [3.05, 3.63) is 0 Å². The van der Waals surface area contributed by atoms with Crippen LogP contribution in [0.15, 0.2) is 0 Å². The van der Waals surface area contributed by atoms with E-state index in [2.05, 4.69) is 6.92 Å². The number of hydrogen-bond donors (Lipinski definition) is 1. The molecule has 1 saturated carbocycles. The molecule has 0 aromatic carbocycles. The Hall–Kier alpha value is -1.10. The Morgan fingerprint density at radius 3 is 2.20 bits per heavy atom. The highest BCUT2D eigenvalue weighted by Crippen LogP contribution is 2.40. The summed E-state index contributed by atoms with van der Waals surface area (Å²) >= 11 is 0. The van der Waals surface area contributed by atoms with Crippen LogP contribution in [0.4, 0.5) is 0 Å². The van der Waals surface area contributed by atoms with Crippen LogP contribution in [0.3, 0.4) is 0 Å². The van der Waals surface area contributed by atoms with Crippen molar-refractivity contribution in [3.8, 4) is 0 Å². The molecule has 1 fully saturated rings. The smallest absolute Gasteiger partial charge is 0.323 e. The van der Waals surface area contributed by atoms with E-state index in [1.807, 2.05) is 0 Å². The number of carbonyl (C=O) groups is 2. The predicted octanol–water partition coefficient (Wildman–Crippen LogP) is 2.06. The molecule has 5 nitrogen and oxygen atoms in total. The third kappa shape index (κ3) is 3.95. The van der Waals surface area contributed by atoms with Crippen LogP contribution >= 0.6 is 0 Å². The largest absolute Gasteiger partial charge is 0.465 e. The molecule has 0 spiro atoms. The second-order valence-corrected chi connectivity index (χ2v) is 5.41. The third-order valence-electron chi connectivity index (χ3n) is 4.02. The maximum Gasteiger partial charge on any atom is 0.323 e. The zero-order chi connectivity index (χ0) is 15.2. The van der Waals surface area contributed by atoms with Crippen LogP contribution in [0.25, 0.3) is 0 Å². The predicted molar refractivity (Wildman–Crippen MR) is 74.0 cm³/mol. The molecule has 5 heteroatoms. The number of rotatable bonds is 6. The highest BCUT2D eigenvalue weighted by molar-refractivity contribution is 5.96. The van der Waals surface area contributed by atoms with Crippen LogP contribution < -0.4 is 0 Å². The van der Waals surface area contributed by atoms with E-state index in [1.165, 1.54) is 0 Å². The Morgan fingerprint density at radius 2 is 1.75 bits per heavy atom. The van der Waals surface area contributed by atoms with Gasteiger partial charge in [-0.2, -0.15) is 0 Å². The minimum Gasteiger partial charge on any atom is -0.465 e. The second-order valence-electron chi connectivity index (χ2n) is 5.41. The number of hydrogen-bond acceptors (Lipinski definition) is 5. The van der Waals surface area contributed by atoms with Crippen LogP contribution in [0.5, 0.6) is 0 Å². The summed E-state index contributed by atoms with van der Waals surface area (Å²) in [6, 6.07) is 0. The van der Waals surface area contributed by atoms with Crippen molar-refractivity contribution in [2.24, 2.45) is 11.8 Å². The van der Waals surface area contributed by atoms with E-state index >= 15 is 0 Å². The molecule has 0 heterocycles. The molecule has 0 saturated heterocycles. The van der Waals surface area contributed by atoms with Gasteiger partial charge in [0.05, 0.1) is 18.8 Å². The lowest BCUT2D eigenvalue weighted by atomic mass is 9.70. The van der Waals surface area contributed by atoms with Crippen molar-refractivity contribution in [2.75, 3.05) is 13.2 Å². The zero-order valence-corrected chi connectivity index (χ0v) is 12.7. The SMILES string of the molecule is CCOC(=O)C(C(=O)OCC)C1(O)CCCC(CC)C1. The lowest BCUT2D eigenvalue weighted by Gasteiger charge is -2.39. The molecule has 1 aliphatic rings. The van der Waals surface area contributed by atoms with Crippen molar-refractivity contribution in [3.63, 3.8) is 0 Å². The molecule has 1 rings (SSSR count). The van der Waals surface area contributed by atoms with E-state index in [0.717, 1.165) is 19.3 Å². The molecule has 0 amide bonds. The molecule has 116 valence electrons. The molecule has 0 aliphatic heterocycles. The van der Waals surface area contributed by atoms with Crippen molar-refractivity contribution >= 4 is 11.9 Å². The summed E-state index contributed by atoms with van der Waals surface area (Å²) in [6.45, 7) is 5.78. The molecule has 1 aliphatic carbocycles. The quantitative estimate of drug-likeness (QED) is 0.597. The zero-order valence-electron chi connectivity index (χ0n) is 12.7. The highest BCUT2D eigenvalue weighted by Gasteiger charge is 2.50. The summed E-state index contributed by atoms with van der Waals surface area (Å²) in [4.78, 5) is 24.2. The van der Waals surface area contributed by atoms with E-state index in [4.69, 9.17) is 9.47 Å². The van der Waals surface area contributed by atoms with Crippen LogP contribution in [0, 0.1) is 11.8 Å². The maximum absolute atomic E-state index is 12.1. The van der Waals surface area contributed by atoms with Gasteiger partial charge in [0, 0.05) is 0 Å². The topological polar surface area (TPSA) is 72.8 Å². The Kier molecular flexibility index (Phi) is 6.46. The third-order valence-corrected chi connectivity index (χ3v) is 4.02. The number of aliphatic hydroxyl groups is 1. The summed E-state index contributed by atoms with van der Waals surface area (Å²) in [5, 5.41) is 10.8. The Labute approximate surface area is 120 Å². The van der Waals surface area contributed by atoms with Gasteiger partial charge in [-0.25, -0.2) is 0 Å². The van der Waals surface area contributed by atoms with Crippen LogP contribution in [-0.2, 0) is 19.1 Å². The van der Waals surface area contributed by atoms with E-state index in [0.29, 0.717) is 18.8 Å². The molecular weight excluding hydrogens is 260 g/mol. The minimum absolute atomic E-state index is 0.183. The molecule has 2 unspecified atom stereocenters. The monoisotopic (exact) mass is 286 g/mol. The van der Waals surface area contributed by atoms with Crippen molar-refractivity contribution in [1.82, 2.24) is 0 Å². The van der Waals surface area contributed by atoms with Gasteiger partial charge in [0.15, 0.2) is 5.92 Å². The Balaban J connectivity index is 2.95. The minimum atomic E-state index is -1.34. The first kappa shape index (κ1) is 17.0. The van der Waals surface area contributed by atoms with E-state index in [-0.39, 0.29) is 13.2 Å². The van der Waals surface area contributed by atoms with E-state index in [1.54, 1.807) is 13.8 Å². The Morgan fingerprint density at radius 1 is 1.20 bits per heavy atom. The lowest BCUT2D eigenvalue weighted by Crippen LogP contribution is -2.51. The molecule has 0 radical (unpaired) electrons. The van der Waals surface area contributed by atoms with Gasteiger partial charge in [-0.15, -0.1) is 0 Å². The molecule has 0 aromatic heterocycles. The van der Waals surface area contributed by atoms with Gasteiger partial charge in [-0.3, -0.25) is 9.59 Å². The number of esters is 2. The molecular formula is C15H26O5. The number of carbonyl (C=O) groups excluding carboxylic acids is 2. The second kappa shape index (κ2) is 7.62. The van der Waals surface area contributed by atoms with E-state index in [9.17, 15) is 14.7 Å². The number of ether oxygens (including phenoxy) is 2. The van der Waals surface area contributed by atoms with Crippen LogP contribution in [0.1, 0.15) is 52.9 Å². The summed E-state index contributed by atoms with van der Waals surface area (Å²) in [5.74, 6) is -2.24. The summed E-state index contributed by atoms with van der Waals surface area (Å²) in [7, 11) is 0. The summed E-state index contributed by atoms with van der Waals surface area (Å²) in [5.41, 5.74) is -1.34. The summed E-state index contributed by atoms with van der Waals surface area (Å²) < 4.78 is 9.92. The molecule has 0 aromatic rings. The van der Waals surface area contributed by atoms with Crippen molar-refractivity contribution < 1.29 is 24.2 Å². The van der Waals surface area contributed by atoms with Crippen molar-refractivity contribution in [1.29, 1.82) is 0 Å². The van der Waals surface area contributed by atoms with Gasteiger partial charge in [0.1, 0.15) is 0 Å². The average Bonchev–Trinajstić information content (AvgIpc) is 2.39. The van der Waals surface area contributed by atoms with Crippen LogP contribution in [-0.4, -0.2) is 35.9 Å². The highest BCUT2D eigenvalue weighted by atomic mass is 16.6. The first-order chi connectivity index (χ1) is 9.48. The molecule has 20 heavy (non-hydrogen) atoms. The van der Waals surface area contributed by atoms with Gasteiger partial charge in [0.25, 0.3) is 0 Å². The van der Waals surface area contributed by atoms with Crippen LogP contribution in [0.2, 0.25) is 0 Å². The standard InChI is InChI=1S/C15H26O5/c1-4-11-8-7-9-15(18,10-11)12(13(16)19-5-2)14(17)20-6-3/h11-12,18H,4-10H2,1-3H3. The average molecular weight is 286 g/mol. The first-order valence-electron chi connectivity index (χ1n) is 7.54. The van der Waals surface area contributed by atoms with Gasteiger partial charge in [0.2, 0.25) is 0 Å². The molecule has 0 bridgehead atoms. The lowest BCUT2D eigenvalue weighted by molar-refractivity contribution is -0.178. The van der Waals surface area contributed by atoms with Gasteiger partial charge < -0.3 is 14.6 Å². The van der Waals surface area contributed by atoms with Gasteiger partial charge in [-0.1, -0.05) is 26.2 Å². The fourth-order valence-corrected chi connectivity index (χ4v) is 3.00. The van der Waals surface area contributed by atoms with E-state index < -0.39 is 23.5 Å². The first-order valence-corrected chi connectivity index (χ1v) is 7.54. The normalized spacial score (nSPS) is 26.4. The fourth-order valence-electron chi connectivity index (χ4n) is 3.00. The fraction of sp³-hybridized carbons (Fsp3) is 0.867. The van der Waals surface area contributed by atoms with Crippen molar-refractivity contribution in [2.45, 2.75) is 58.5 Å². The van der Waals surface area contributed by atoms with Gasteiger partial charge >= 0.3 is 11.9 Å². The summed E-state index contributed by atoms with van der Waals surface area (Å²) in [6.07, 6.45) is 3.65. The van der Waals surface area contributed by atoms with Gasteiger partial charge in [-0.05, 0) is 32.6 Å². The molecule has 2 atom stereocenters. The maximum atomic E-state index is 12.1. The Bertz CT molecular complexity index is 323. The molecule has 1 N–H and O–H groups in total.